The Morgan fingerprint density at radius 3 is 2.43 bits per heavy atom. The lowest BCUT2D eigenvalue weighted by molar-refractivity contribution is -0.384. The lowest BCUT2D eigenvalue weighted by atomic mass is 10.1. The van der Waals surface area contributed by atoms with E-state index in [2.05, 4.69) is 10.6 Å². The number of amides is 2. The van der Waals surface area contributed by atoms with Crippen molar-refractivity contribution in [2.45, 2.75) is 6.54 Å². The van der Waals surface area contributed by atoms with E-state index in [1.165, 1.54) is 24.3 Å². The molecule has 3 aromatic carbocycles. The van der Waals surface area contributed by atoms with Gasteiger partial charge in [0, 0.05) is 24.8 Å². The normalized spacial score (nSPS) is 10.5. The van der Waals surface area contributed by atoms with Crippen LogP contribution in [0.15, 0.2) is 84.9 Å². The van der Waals surface area contributed by atoms with Crippen LogP contribution in [0.3, 0.4) is 0 Å². The maximum atomic E-state index is 12.6. The third-order valence-corrected chi connectivity index (χ3v) is 4.23. The number of nitrogens with one attached hydrogen (secondary N) is 2. The summed E-state index contributed by atoms with van der Waals surface area (Å²) in [7, 11) is 0. The molecule has 7 heteroatoms. The van der Waals surface area contributed by atoms with Gasteiger partial charge in [-0.25, -0.2) is 0 Å². The van der Waals surface area contributed by atoms with E-state index in [-0.39, 0.29) is 11.6 Å². The molecule has 2 amide bonds. The average molecular weight is 401 g/mol. The predicted molar refractivity (Wildman–Crippen MR) is 115 cm³/mol. The van der Waals surface area contributed by atoms with E-state index >= 15 is 0 Å². The highest BCUT2D eigenvalue weighted by Crippen LogP contribution is 2.17. The van der Waals surface area contributed by atoms with Crippen LogP contribution in [0.25, 0.3) is 6.08 Å². The Kier molecular flexibility index (Phi) is 6.68. The summed E-state index contributed by atoms with van der Waals surface area (Å²) in [4.78, 5) is 35.2. The van der Waals surface area contributed by atoms with Gasteiger partial charge in [0.25, 0.3) is 11.6 Å². The smallest absolute Gasteiger partial charge is 0.270 e. The van der Waals surface area contributed by atoms with Gasteiger partial charge < -0.3 is 10.6 Å². The first kappa shape index (κ1) is 20.5. The minimum atomic E-state index is -0.498. The zero-order chi connectivity index (χ0) is 21.3. The largest absolute Gasteiger partial charge is 0.348 e. The lowest BCUT2D eigenvalue weighted by Gasteiger charge is -2.10. The highest BCUT2D eigenvalue weighted by atomic mass is 16.6. The van der Waals surface area contributed by atoms with Gasteiger partial charge in [-0.15, -0.1) is 0 Å². The molecule has 0 fully saturated rings. The number of nitro benzene ring substituents is 1. The molecule has 30 heavy (non-hydrogen) atoms. The van der Waals surface area contributed by atoms with E-state index in [1.807, 2.05) is 30.3 Å². The van der Waals surface area contributed by atoms with Gasteiger partial charge in [-0.2, -0.15) is 0 Å². The Balaban J connectivity index is 1.66. The van der Waals surface area contributed by atoms with Crippen LogP contribution in [0.5, 0.6) is 0 Å². The van der Waals surface area contributed by atoms with Crippen molar-refractivity contribution in [1.82, 2.24) is 5.32 Å². The van der Waals surface area contributed by atoms with Crippen molar-refractivity contribution in [1.29, 1.82) is 0 Å². The van der Waals surface area contributed by atoms with Gasteiger partial charge in [-0.1, -0.05) is 54.6 Å². The van der Waals surface area contributed by atoms with Crippen molar-refractivity contribution in [3.63, 3.8) is 0 Å². The van der Waals surface area contributed by atoms with E-state index in [1.54, 1.807) is 36.4 Å². The maximum Gasteiger partial charge on any atom is 0.270 e. The number of anilines is 1. The van der Waals surface area contributed by atoms with Crippen LogP contribution in [0.4, 0.5) is 11.4 Å². The molecule has 3 rings (SSSR count). The Bertz CT molecular complexity index is 1090. The van der Waals surface area contributed by atoms with Gasteiger partial charge in [0.1, 0.15) is 0 Å². The molecule has 0 heterocycles. The van der Waals surface area contributed by atoms with Crippen LogP contribution in [0.2, 0.25) is 0 Å². The summed E-state index contributed by atoms with van der Waals surface area (Å²) in [6.45, 7) is 0.370. The third-order valence-electron chi connectivity index (χ3n) is 4.23. The molecule has 7 nitrogen and oxygen atoms in total. The molecule has 0 saturated carbocycles. The van der Waals surface area contributed by atoms with Crippen LogP contribution >= 0.6 is 0 Å². The zero-order valence-electron chi connectivity index (χ0n) is 15.9. The number of hydrogen-bond donors (Lipinski definition) is 2. The quantitative estimate of drug-likeness (QED) is 0.352. The first-order valence-electron chi connectivity index (χ1n) is 9.17. The van der Waals surface area contributed by atoms with Crippen molar-refractivity contribution in [2.24, 2.45) is 0 Å². The van der Waals surface area contributed by atoms with Crippen molar-refractivity contribution >= 4 is 29.3 Å². The number of non-ortho nitro benzene ring substituents is 1. The van der Waals surface area contributed by atoms with Gasteiger partial charge in [-0.3, -0.25) is 19.7 Å². The molecule has 0 spiro atoms. The molecule has 150 valence electrons. The van der Waals surface area contributed by atoms with E-state index < -0.39 is 10.8 Å². The summed E-state index contributed by atoms with van der Waals surface area (Å²) in [5, 5.41) is 16.4. The molecule has 0 aliphatic carbocycles. The molecule has 0 bridgehead atoms. The number of rotatable bonds is 7. The van der Waals surface area contributed by atoms with Crippen LogP contribution < -0.4 is 10.6 Å². The zero-order valence-corrected chi connectivity index (χ0v) is 15.9. The second kappa shape index (κ2) is 9.79. The SMILES string of the molecule is O=C(C=Cc1cccc([N+](=O)[O-])c1)Nc1ccccc1C(=O)NCc1ccccc1. The fourth-order valence-corrected chi connectivity index (χ4v) is 2.75. The van der Waals surface area contributed by atoms with Gasteiger partial charge in [0.15, 0.2) is 0 Å². The molecule has 3 aromatic rings. The number of nitro groups is 1. The number of benzene rings is 3. The predicted octanol–water partition coefficient (Wildman–Crippen LogP) is 4.18. The maximum absolute atomic E-state index is 12.6. The summed E-state index contributed by atoms with van der Waals surface area (Å²) in [6.07, 6.45) is 2.73. The van der Waals surface area contributed by atoms with E-state index in [4.69, 9.17) is 0 Å². The van der Waals surface area contributed by atoms with Crippen molar-refractivity contribution in [3.05, 3.63) is 112 Å². The highest BCUT2D eigenvalue weighted by Gasteiger charge is 2.12. The van der Waals surface area contributed by atoms with E-state index in [0.29, 0.717) is 23.4 Å². The molecule has 0 saturated heterocycles. The molecule has 2 N–H and O–H groups in total. The summed E-state index contributed by atoms with van der Waals surface area (Å²) in [6, 6.07) is 22.1. The standard InChI is InChI=1S/C23H19N3O4/c27-22(14-13-17-9-6-10-19(15-17)26(29)30)25-21-12-5-4-11-20(21)23(28)24-16-18-7-2-1-3-8-18/h1-15H,16H2,(H,24,28)(H,25,27). The fraction of sp³-hybridized carbons (Fsp3) is 0.0435. The van der Waals surface area contributed by atoms with Crippen LogP contribution in [-0.2, 0) is 11.3 Å². The Labute approximate surface area is 173 Å². The first-order chi connectivity index (χ1) is 14.5. The molecule has 0 radical (unpaired) electrons. The van der Waals surface area contributed by atoms with Crippen molar-refractivity contribution < 1.29 is 14.5 Å². The van der Waals surface area contributed by atoms with E-state index in [0.717, 1.165) is 5.56 Å². The molecule has 0 atom stereocenters. The lowest BCUT2D eigenvalue weighted by Crippen LogP contribution is -2.24. The number of carbonyl (C=O) groups excluding carboxylic acids is 2. The number of carbonyl (C=O) groups is 2. The number of hydrogen-bond acceptors (Lipinski definition) is 4. The first-order valence-corrected chi connectivity index (χ1v) is 9.17. The molecule has 0 aliphatic rings. The number of para-hydroxylation sites is 1. The third kappa shape index (κ3) is 5.62. The minimum absolute atomic E-state index is 0.0574. The van der Waals surface area contributed by atoms with Crippen molar-refractivity contribution in [3.8, 4) is 0 Å². The fourth-order valence-electron chi connectivity index (χ4n) is 2.75. The summed E-state index contributed by atoms with van der Waals surface area (Å²) < 4.78 is 0. The van der Waals surface area contributed by atoms with Gasteiger partial charge in [0.05, 0.1) is 16.2 Å². The van der Waals surface area contributed by atoms with Gasteiger partial charge in [-0.05, 0) is 29.3 Å². The minimum Gasteiger partial charge on any atom is -0.348 e. The van der Waals surface area contributed by atoms with E-state index in [9.17, 15) is 19.7 Å². The Hall–Kier alpha value is -4.26. The number of nitrogens with zero attached hydrogens (tertiary/aromatic N) is 1. The summed E-state index contributed by atoms with van der Waals surface area (Å²) in [5.74, 6) is -0.762. The average Bonchev–Trinajstić information content (AvgIpc) is 2.77. The van der Waals surface area contributed by atoms with Crippen LogP contribution in [0, 0.1) is 10.1 Å². The molecular weight excluding hydrogens is 382 g/mol. The molecule has 0 aliphatic heterocycles. The molecule has 0 aromatic heterocycles. The Morgan fingerprint density at radius 1 is 0.933 bits per heavy atom. The van der Waals surface area contributed by atoms with Crippen LogP contribution in [-0.4, -0.2) is 16.7 Å². The van der Waals surface area contributed by atoms with Gasteiger partial charge >= 0.3 is 0 Å². The Morgan fingerprint density at radius 2 is 1.67 bits per heavy atom. The van der Waals surface area contributed by atoms with Crippen molar-refractivity contribution in [2.75, 3.05) is 5.32 Å². The highest BCUT2D eigenvalue weighted by molar-refractivity contribution is 6.07. The summed E-state index contributed by atoms with van der Waals surface area (Å²) in [5.41, 5.74) is 2.14. The van der Waals surface area contributed by atoms with Gasteiger partial charge in [0.2, 0.25) is 5.91 Å². The molecular formula is C23H19N3O4. The second-order valence-electron chi connectivity index (χ2n) is 6.39. The molecule has 0 unspecified atom stereocenters. The second-order valence-corrected chi connectivity index (χ2v) is 6.39. The monoisotopic (exact) mass is 401 g/mol. The summed E-state index contributed by atoms with van der Waals surface area (Å²) >= 11 is 0. The topological polar surface area (TPSA) is 101 Å². The van der Waals surface area contributed by atoms with Crippen LogP contribution in [0.1, 0.15) is 21.5 Å².